The summed E-state index contributed by atoms with van der Waals surface area (Å²) in [6.07, 6.45) is 0. The number of primary amides is 1. The molecule has 0 radical (unpaired) electrons. The lowest BCUT2D eigenvalue weighted by molar-refractivity contribution is 0.1000. The van der Waals surface area contributed by atoms with Gasteiger partial charge in [-0.2, -0.15) is 0 Å². The van der Waals surface area contributed by atoms with Gasteiger partial charge in [0.1, 0.15) is 0 Å². The van der Waals surface area contributed by atoms with Gasteiger partial charge in [-0.15, -0.1) is 0 Å². The summed E-state index contributed by atoms with van der Waals surface area (Å²) in [6, 6.07) is 15.6. The topological polar surface area (TPSA) is 81.1 Å². The highest BCUT2D eigenvalue weighted by Crippen LogP contribution is 2.19. The molecular formula is C17H21N3O. The van der Waals surface area contributed by atoms with Crippen molar-refractivity contribution in [3.05, 3.63) is 65.2 Å². The van der Waals surface area contributed by atoms with E-state index in [4.69, 9.17) is 11.5 Å². The van der Waals surface area contributed by atoms with Crippen molar-refractivity contribution in [2.45, 2.75) is 12.8 Å². The second-order valence-electron chi connectivity index (χ2n) is 5.12. The van der Waals surface area contributed by atoms with E-state index < -0.39 is 5.91 Å². The minimum absolute atomic E-state index is 0.251. The molecule has 0 aliphatic carbocycles. The van der Waals surface area contributed by atoms with E-state index in [1.807, 2.05) is 31.2 Å². The van der Waals surface area contributed by atoms with Gasteiger partial charge in [0.15, 0.2) is 0 Å². The minimum Gasteiger partial charge on any atom is -0.384 e. The molecule has 110 valence electrons. The molecule has 0 aliphatic heterocycles. The highest BCUT2D eigenvalue weighted by Gasteiger charge is 2.10. The SMILES string of the molecule is Cc1cc(C(N)=O)ccc1NCC(CN)c1ccccc1. The number of rotatable bonds is 6. The summed E-state index contributed by atoms with van der Waals surface area (Å²) in [6.45, 7) is 3.28. The van der Waals surface area contributed by atoms with E-state index in [0.29, 0.717) is 12.1 Å². The van der Waals surface area contributed by atoms with Gasteiger partial charge in [0.05, 0.1) is 0 Å². The maximum atomic E-state index is 11.1. The summed E-state index contributed by atoms with van der Waals surface area (Å²) in [5, 5.41) is 3.40. The summed E-state index contributed by atoms with van der Waals surface area (Å²) >= 11 is 0. The first-order valence-corrected chi connectivity index (χ1v) is 7.01. The van der Waals surface area contributed by atoms with Crippen LogP contribution in [0.25, 0.3) is 0 Å². The largest absolute Gasteiger partial charge is 0.384 e. The van der Waals surface area contributed by atoms with Gasteiger partial charge in [-0.1, -0.05) is 30.3 Å². The molecule has 4 heteroatoms. The van der Waals surface area contributed by atoms with Crippen molar-refractivity contribution in [1.82, 2.24) is 0 Å². The maximum Gasteiger partial charge on any atom is 0.248 e. The first-order valence-electron chi connectivity index (χ1n) is 7.01. The van der Waals surface area contributed by atoms with Crippen LogP contribution in [-0.4, -0.2) is 19.0 Å². The molecule has 0 saturated heterocycles. The summed E-state index contributed by atoms with van der Waals surface area (Å²) in [4.78, 5) is 11.1. The normalized spacial score (nSPS) is 11.9. The predicted octanol–water partition coefficient (Wildman–Crippen LogP) is 2.25. The molecule has 0 saturated carbocycles. The Morgan fingerprint density at radius 1 is 1.19 bits per heavy atom. The Hall–Kier alpha value is -2.33. The van der Waals surface area contributed by atoms with E-state index in [-0.39, 0.29) is 5.92 Å². The lowest BCUT2D eigenvalue weighted by atomic mass is 9.99. The maximum absolute atomic E-state index is 11.1. The van der Waals surface area contributed by atoms with Crippen LogP contribution in [0.5, 0.6) is 0 Å². The van der Waals surface area contributed by atoms with E-state index in [0.717, 1.165) is 17.8 Å². The lowest BCUT2D eigenvalue weighted by Gasteiger charge is -2.18. The van der Waals surface area contributed by atoms with Gasteiger partial charge in [0.2, 0.25) is 5.91 Å². The molecule has 2 aromatic rings. The van der Waals surface area contributed by atoms with Crippen molar-refractivity contribution in [3.63, 3.8) is 0 Å². The number of nitrogens with two attached hydrogens (primary N) is 2. The third kappa shape index (κ3) is 3.83. The Balaban J connectivity index is 2.07. The average molecular weight is 283 g/mol. The minimum atomic E-state index is -0.409. The highest BCUT2D eigenvalue weighted by molar-refractivity contribution is 5.93. The molecule has 1 unspecified atom stereocenters. The molecule has 0 heterocycles. The first kappa shape index (κ1) is 15.1. The van der Waals surface area contributed by atoms with E-state index in [9.17, 15) is 4.79 Å². The van der Waals surface area contributed by atoms with Crippen LogP contribution in [0.3, 0.4) is 0 Å². The van der Waals surface area contributed by atoms with Crippen molar-refractivity contribution >= 4 is 11.6 Å². The average Bonchev–Trinajstić information content (AvgIpc) is 2.50. The zero-order valence-corrected chi connectivity index (χ0v) is 12.2. The summed E-state index contributed by atoms with van der Waals surface area (Å²) in [5.41, 5.74) is 14.9. The van der Waals surface area contributed by atoms with Crippen molar-refractivity contribution < 1.29 is 4.79 Å². The molecule has 21 heavy (non-hydrogen) atoms. The molecular weight excluding hydrogens is 262 g/mol. The summed E-state index contributed by atoms with van der Waals surface area (Å²) in [5.74, 6) is -0.157. The Morgan fingerprint density at radius 2 is 1.90 bits per heavy atom. The quantitative estimate of drug-likeness (QED) is 0.760. The number of hydrogen-bond acceptors (Lipinski definition) is 3. The van der Waals surface area contributed by atoms with Gasteiger partial charge in [-0.25, -0.2) is 0 Å². The lowest BCUT2D eigenvalue weighted by Crippen LogP contribution is -2.21. The molecule has 2 aromatic carbocycles. The van der Waals surface area contributed by atoms with Gasteiger partial charge in [-0.05, 0) is 36.2 Å². The number of aryl methyl sites for hydroxylation is 1. The molecule has 0 fully saturated rings. The first-order chi connectivity index (χ1) is 10.1. The standard InChI is InChI=1S/C17H21N3O/c1-12-9-14(17(19)21)7-8-16(12)20-11-15(10-18)13-5-3-2-4-6-13/h2-9,15,20H,10-11,18H2,1H3,(H2,19,21). The van der Waals surface area contributed by atoms with Crippen LogP contribution in [0.15, 0.2) is 48.5 Å². The molecule has 0 aliphatic rings. The Labute approximate surface area is 125 Å². The van der Waals surface area contributed by atoms with Gasteiger partial charge in [0, 0.05) is 30.3 Å². The molecule has 1 atom stereocenters. The zero-order chi connectivity index (χ0) is 15.2. The summed E-state index contributed by atoms with van der Waals surface area (Å²) < 4.78 is 0. The van der Waals surface area contributed by atoms with Crippen LogP contribution >= 0.6 is 0 Å². The second kappa shape index (κ2) is 6.90. The number of carbonyl (C=O) groups is 1. The van der Waals surface area contributed by atoms with Gasteiger partial charge in [0.25, 0.3) is 0 Å². The number of hydrogen-bond donors (Lipinski definition) is 3. The molecule has 4 nitrogen and oxygen atoms in total. The highest BCUT2D eigenvalue weighted by atomic mass is 16.1. The molecule has 5 N–H and O–H groups in total. The predicted molar refractivity (Wildman–Crippen MR) is 86.4 cm³/mol. The molecule has 0 aromatic heterocycles. The Kier molecular flexibility index (Phi) is 4.95. The zero-order valence-electron chi connectivity index (χ0n) is 12.2. The fourth-order valence-electron chi connectivity index (χ4n) is 2.31. The Bertz CT molecular complexity index is 611. The van der Waals surface area contributed by atoms with Crippen LogP contribution in [0.4, 0.5) is 5.69 Å². The number of nitrogens with one attached hydrogen (secondary N) is 1. The van der Waals surface area contributed by atoms with E-state index >= 15 is 0 Å². The summed E-state index contributed by atoms with van der Waals surface area (Å²) in [7, 11) is 0. The number of carbonyl (C=O) groups excluding carboxylic acids is 1. The van der Waals surface area contributed by atoms with Gasteiger partial charge in [-0.3, -0.25) is 4.79 Å². The third-order valence-corrected chi connectivity index (χ3v) is 3.61. The molecule has 2 rings (SSSR count). The van der Waals surface area contributed by atoms with Crippen LogP contribution in [-0.2, 0) is 0 Å². The molecule has 0 bridgehead atoms. The monoisotopic (exact) mass is 283 g/mol. The number of benzene rings is 2. The number of anilines is 1. The van der Waals surface area contributed by atoms with E-state index in [2.05, 4.69) is 17.4 Å². The third-order valence-electron chi connectivity index (χ3n) is 3.61. The van der Waals surface area contributed by atoms with Crippen LogP contribution in [0.1, 0.15) is 27.4 Å². The Morgan fingerprint density at radius 3 is 2.48 bits per heavy atom. The van der Waals surface area contributed by atoms with Crippen molar-refractivity contribution in [2.75, 3.05) is 18.4 Å². The van der Waals surface area contributed by atoms with E-state index in [1.54, 1.807) is 12.1 Å². The van der Waals surface area contributed by atoms with Crippen LogP contribution in [0, 0.1) is 6.92 Å². The molecule has 0 spiro atoms. The van der Waals surface area contributed by atoms with Crippen LogP contribution in [0.2, 0.25) is 0 Å². The fraction of sp³-hybridized carbons (Fsp3) is 0.235. The van der Waals surface area contributed by atoms with E-state index in [1.165, 1.54) is 5.56 Å². The molecule has 1 amide bonds. The second-order valence-corrected chi connectivity index (χ2v) is 5.12. The van der Waals surface area contributed by atoms with Gasteiger partial charge < -0.3 is 16.8 Å². The number of amides is 1. The smallest absolute Gasteiger partial charge is 0.248 e. The van der Waals surface area contributed by atoms with Crippen molar-refractivity contribution in [2.24, 2.45) is 11.5 Å². The van der Waals surface area contributed by atoms with Crippen molar-refractivity contribution in [3.8, 4) is 0 Å². The van der Waals surface area contributed by atoms with Crippen molar-refractivity contribution in [1.29, 1.82) is 0 Å². The fourth-order valence-corrected chi connectivity index (χ4v) is 2.31. The van der Waals surface area contributed by atoms with Crippen LogP contribution < -0.4 is 16.8 Å². The van der Waals surface area contributed by atoms with Gasteiger partial charge >= 0.3 is 0 Å².